The van der Waals surface area contributed by atoms with Crippen LogP contribution in [0.15, 0.2) is 24.9 Å². The fraction of sp³-hybridized carbons (Fsp3) is 0.640. The lowest BCUT2D eigenvalue weighted by atomic mass is 10.1. The van der Waals surface area contributed by atoms with Gasteiger partial charge in [0.1, 0.15) is 11.4 Å². The van der Waals surface area contributed by atoms with Gasteiger partial charge in [0.25, 0.3) is 0 Å². The van der Waals surface area contributed by atoms with E-state index in [4.69, 9.17) is 4.74 Å². The lowest BCUT2D eigenvalue weighted by Crippen LogP contribution is -2.42. The zero-order valence-electron chi connectivity index (χ0n) is 21.1. The van der Waals surface area contributed by atoms with Crippen LogP contribution in [-0.4, -0.2) is 54.5 Å². The molecule has 0 aromatic heterocycles. The molecule has 0 bridgehead atoms. The Bertz CT molecular complexity index is 577. The minimum absolute atomic E-state index is 0.0616. The fourth-order valence-electron chi connectivity index (χ4n) is 2.21. The van der Waals surface area contributed by atoms with Gasteiger partial charge in [-0.1, -0.05) is 26.0 Å². The molecule has 0 aliphatic carbocycles. The monoisotopic (exact) mass is 451 g/mol. The molecule has 0 aromatic rings. The minimum Gasteiger partial charge on any atom is -0.444 e. The molecule has 0 aromatic carbocycles. The summed E-state index contributed by atoms with van der Waals surface area (Å²) in [7, 11) is 0. The molecule has 0 spiro atoms. The van der Waals surface area contributed by atoms with Crippen molar-refractivity contribution in [2.75, 3.05) is 26.2 Å². The summed E-state index contributed by atoms with van der Waals surface area (Å²) in [5.41, 5.74) is 0.365. The summed E-state index contributed by atoms with van der Waals surface area (Å²) in [5, 5.41) is 5.76. The highest BCUT2D eigenvalue weighted by molar-refractivity contribution is 5.84. The van der Waals surface area contributed by atoms with Crippen LogP contribution in [-0.2, 0) is 14.3 Å². The van der Waals surface area contributed by atoms with Gasteiger partial charge in [0.2, 0.25) is 5.91 Å². The number of nitrogens with zero attached hydrogens (tertiary/aromatic N) is 1. The van der Waals surface area contributed by atoms with Gasteiger partial charge in [-0.3, -0.25) is 9.59 Å². The minimum atomic E-state index is -0.571. The molecule has 0 saturated carbocycles. The van der Waals surface area contributed by atoms with Gasteiger partial charge in [-0.25, -0.2) is 4.79 Å². The van der Waals surface area contributed by atoms with Crippen LogP contribution in [0.5, 0.6) is 0 Å². The van der Waals surface area contributed by atoms with Crippen molar-refractivity contribution in [3.63, 3.8) is 0 Å². The van der Waals surface area contributed by atoms with E-state index >= 15 is 0 Å². The normalized spacial score (nSPS) is 9.62. The van der Waals surface area contributed by atoms with Crippen LogP contribution in [0.25, 0.3) is 0 Å². The van der Waals surface area contributed by atoms with Crippen molar-refractivity contribution < 1.29 is 19.1 Å². The van der Waals surface area contributed by atoms with Gasteiger partial charge in [0, 0.05) is 31.8 Å². The number of ketones is 1. The Morgan fingerprint density at radius 3 is 2.03 bits per heavy atom. The number of terminal acetylenes is 1. The number of nitrogens with one attached hydrogen (secondary N) is 2. The highest BCUT2D eigenvalue weighted by Crippen LogP contribution is 2.07. The van der Waals surface area contributed by atoms with E-state index in [1.807, 2.05) is 13.0 Å². The zero-order valence-corrected chi connectivity index (χ0v) is 21.1. The molecule has 0 aliphatic heterocycles. The van der Waals surface area contributed by atoms with Gasteiger partial charge in [-0.05, 0) is 53.9 Å². The third-order valence-corrected chi connectivity index (χ3v) is 3.60. The number of allylic oxidation sites excluding steroid dienone is 2. The summed E-state index contributed by atoms with van der Waals surface area (Å²) in [6, 6.07) is 0. The molecule has 0 saturated heterocycles. The van der Waals surface area contributed by atoms with E-state index in [-0.39, 0.29) is 31.3 Å². The number of ether oxygens (including phenoxy) is 1. The molecular formula is C25H45N3O4. The predicted molar refractivity (Wildman–Crippen MR) is 133 cm³/mol. The maximum atomic E-state index is 12.3. The van der Waals surface area contributed by atoms with Gasteiger partial charge in [0.15, 0.2) is 0 Å². The van der Waals surface area contributed by atoms with Gasteiger partial charge in [0.05, 0.1) is 6.54 Å². The second kappa shape index (κ2) is 21.5. The van der Waals surface area contributed by atoms with Crippen LogP contribution in [0.4, 0.5) is 4.79 Å². The lowest BCUT2D eigenvalue weighted by Gasteiger charge is -2.23. The molecule has 7 heteroatoms. The number of carbonyl (C=O) groups excluding carboxylic acids is 3. The highest BCUT2D eigenvalue weighted by Gasteiger charge is 2.18. The van der Waals surface area contributed by atoms with Crippen LogP contribution < -0.4 is 10.6 Å². The first kappa shape index (κ1) is 33.9. The molecule has 32 heavy (non-hydrogen) atoms. The molecular weight excluding hydrogens is 406 g/mol. The van der Waals surface area contributed by atoms with Gasteiger partial charge < -0.3 is 20.3 Å². The summed E-state index contributed by atoms with van der Waals surface area (Å²) < 4.78 is 5.15. The quantitative estimate of drug-likeness (QED) is 0.245. The molecule has 0 fully saturated rings. The van der Waals surface area contributed by atoms with E-state index in [0.29, 0.717) is 6.42 Å². The highest BCUT2D eigenvalue weighted by atomic mass is 16.6. The van der Waals surface area contributed by atoms with Crippen molar-refractivity contribution in [2.45, 2.75) is 79.2 Å². The van der Waals surface area contributed by atoms with Crippen LogP contribution in [0.3, 0.4) is 0 Å². The third kappa shape index (κ3) is 27.2. The first-order chi connectivity index (χ1) is 14.9. The average Bonchev–Trinajstić information content (AvgIpc) is 2.69. The summed E-state index contributed by atoms with van der Waals surface area (Å²) >= 11 is 0. The smallest absolute Gasteiger partial charge is 0.407 e. The van der Waals surface area contributed by atoms with Gasteiger partial charge >= 0.3 is 6.09 Å². The lowest BCUT2D eigenvalue weighted by molar-refractivity contribution is -0.135. The summed E-state index contributed by atoms with van der Waals surface area (Å²) in [6.07, 6.45) is 13.5. The number of Topliss-reactive ketones (excluding diaryl/α,β-unsaturated/α-hetero) is 1. The molecule has 7 nitrogen and oxygen atoms in total. The topological polar surface area (TPSA) is 87.7 Å². The van der Waals surface area contributed by atoms with Crippen LogP contribution >= 0.6 is 0 Å². The second-order valence-corrected chi connectivity index (χ2v) is 8.16. The number of unbranched alkanes of at least 4 members (excludes halogenated alkanes) is 2. The van der Waals surface area contributed by atoms with E-state index in [0.717, 1.165) is 37.9 Å². The summed E-state index contributed by atoms with van der Waals surface area (Å²) in [5.74, 6) is -0.152. The second-order valence-electron chi connectivity index (χ2n) is 8.16. The van der Waals surface area contributed by atoms with Crippen LogP contribution in [0.2, 0.25) is 0 Å². The Balaban J connectivity index is -0.00000125. The van der Waals surface area contributed by atoms with E-state index in [1.54, 1.807) is 20.8 Å². The summed E-state index contributed by atoms with van der Waals surface area (Å²) in [4.78, 5) is 36.9. The number of hydrogen-bond donors (Lipinski definition) is 2. The Morgan fingerprint density at radius 1 is 1.03 bits per heavy atom. The molecule has 0 unspecified atom stereocenters. The SMILES string of the molecule is C#C.C=C(C)NCCCCCC(=O)N(CCNC(=O)OC(C)(C)C)CC(C)=O.C=CCC. The Morgan fingerprint density at radius 2 is 1.59 bits per heavy atom. The Hall–Kier alpha value is -2.75. The van der Waals surface area contributed by atoms with Crippen molar-refractivity contribution in [1.29, 1.82) is 0 Å². The Labute approximate surface area is 196 Å². The molecule has 0 aliphatic rings. The average molecular weight is 452 g/mol. The predicted octanol–water partition coefficient (Wildman–Crippen LogP) is 4.44. The maximum absolute atomic E-state index is 12.3. The first-order valence-electron chi connectivity index (χ1n) is 11.0. The van der Waals surface area contributed by atoms with E-state index in [1.165, 1.54) is 11.8 Å². The van der Waals surface area contributed by atoms with E-state index in [9.17, 15) is 14.4 Å². The van der Waals surface area contributed by atoms with Crippen molar-refractivity contribution in [2.24, 2.45) is 0 Å². The van der Waals surface area contributed by atoms with Crippen molar-refractivity contribution in [1.82, 2.24) is 15.5 Å². The standard InChI is InChI=1S/C19H35N3O4.C4H8.C2H2/c1-15(2)20-11-9-7-8-10-17(24)22(14-16(3)23)13-12-21-18(25)26-19(4,5)6;1-3-4-2;1-2/h20H,1,7-14H2,2-6H3,(H,21,25);3H,1,4H2,2H3;1-2H. The van der Waals surface area contributed by atoms with Crippen molar-refractivity contribution >= 4 is 17.8 Å². The molecule has 0 heterocycles. The van der Waals surface area contributed by atoms with Gasteiger partial charge in [-0.15, -0.1) is 19.4 Å². The Kier molecular flexibility index (Phi) is 22.7. The van der Waals surface area contributed by atoms with Crippen molar-refractivity contribution in [3.8, 4) is 12.8 Å². The number of amides is 2. The largest absolute Gasteiger partial charge is 0.444 e. The third-order valence-electron chi connectivity index (χ3n) is 3.60. The molecule has 0 rings (SSSR count). The number of carbonyl (C=O) groups is 3. The first-order valence-corrected chi connectivity index (χ1v) is 11.0. The molecule has 184 valence electrons. The van der Waals surface area contributed by atoms with E-state index in [2.05, 4.69) is 43.6 Å². The van der Waals surface area contributed by atoms with E-state index < -0.39 is 11.7 Å². The molecule has 0 atom stereocenters. The van der Waals surface area contributed by atoms with Gasteiger partial charge in [-0.2, -0.15) is 0 Å². The molecule has 2 N–H and O–H groups in total. The maximum Gasteiger partial charge on any atom is 0.407 e. The van der Waals surface area contributed by atoms with Crippen molar-refractivity contribution in [3.05, 3.63) is 24.9 Å². The molecule has 2 amide bonds. The van der Waals surface area contributed by atoms with Crippen LogP contribution in [0, 0.1) is 12.8 Å². The number of hydrogen-bond acceptors (Lipinski definition) is 5. The number of alkyl carbamates (subject to hydrolysis) is 1. The summed E-state index contributed by atoms with van der Waals surface area (Å²) in [6.45, 7) is 19.5. The number of rotatable bonds is 13. The van der Waals surface area contributed by atoms with Crippen LogP contribution in [0.1, 0.15) is 73.6 Å². The zero-order chi connectivity index (χ0) is 25.6. The fourth-order valence-corrected chi connectivity index (χ4v) is 2.21. The molecule has 0 radical (unpaired) electrons.